The number of pyridine rings is 1. The second-order valence-corrected chi connectivity index (χ2v) is 3.53. The van der Waals surface area contributed by atoms with E-state index in [1.807, 2.05) is 6.92 Å². The van der Waals surface area contributed by atoms with E-state index in [2.05, 4.69) is 4.98 Å². The molecule has 0 fully saturated rings. The molecule has 1 aromatic carbocycles. The van der Waals surface area contributed by atoms with E-state index in [9.17, 15) is 9.18 Å². The van der Waals surface area contributed by atoms with Crippen LogP contribution in [0.5, 0.6) is 0 Å². The highest BCUT2D eigenvalue weighted by Crippen LogP contribution is 2.13. The van der Waals surface area contributed by atoms with Crippen LogP contribution in [0.4, 0.5) is 4.39 Å². The van der Waals surface area contributed by atoms with Crippen LogP contribution in [0.15, 0.2) is 42.6 Å². The maximum Gasteiger partial charge on any atom is 0.214 e. The molecule has 0 saturated carbocycles. The first-order chi connectivity index (χ1) is 7.68. The molecule has 0 bridgehead atoms. The third kappa shape index (κ3) is 1.98. The van der Waals surface area contributed by atoms with Crippen LogP contribution in [-0.4, -0.2) is 10.8 Å². The molecule has 0 N–H and O–H groups in total. The van der Waals surface area contributed by atoms with Crippen molar-refractivity contribution in [1.29, 1.82) is 0 Å². The number of aryl methyl sites for hydroxylation is 1. The highest BCUT2D eigenvalue weighted by Gasteiger charge is 2.14. The molecule has 0 aliphatic carbocycles. The third-order valence-electron chi connectivity index (χ3n) is 2.26. The molecule has 0 amide bonds. The molecule has 0 saturated heterocycles. The molecular weight excluding hydrogens is 205 g/mol. The quantitative estimate of drug-likeness (QED) is 0.721. The highest BCUT2D eigenvalue weighted by molar-refractivity contribution is 6.07. The largest absolute Gasteiger partial charge is 0.287 e. The fourth-order valence-corrected chi connectivity index (χ4v) is 1.45. The number of nitrogens with zero attached hydrogens (tertiary/aromatic N) is 1. The van der Waals surface area contributed by atoms with Crippen molar-refractivity contribution in [2.24, 2.45) is 0 Å². The summed E-state index contributed by atoms with van der Waals surface area (Å²) < 4.78 is 13.5. The lowest BCUT2D eigenvalue weighted by atomic mass is 10.0. The van der Waals surface area contributed by atoms with Crippen molar-refractivity contribution in [3.63, 3.8) is 0 Å². The van der Waals surface area contributed by atoms with Crippen molar-refractivity contribution in [3.8, 4) is 0 Å². The maximum atomic E-state index is 13.5. The van der Waals surface area contributed by atoms with Crippen LogP contribution in [0.1, 0.15) is 21.6 Å². The van der Waals surface area contributed by atoms with Gasteiger partial charge in [-0.25, -0.2) is 4.39 Å². The number of hydrogen-bond donors (Lipinski definition) is 0. The van der Waals surface area contributed by atoms with Crippen LogP contribution in [0.2, 0.25) is 0 Å². The maximum absolute atomic E-state index is 13.5. The van der Waals surface area contributed by atoms with Crippen molar-refractivity contribution < 1.29 is 9.18 Å². The lowest BCUT2D eigenvalue weighted by Gasteiger charge is -2.02. The van der Waals surface area contributed by atoms with E-state index in [1.54, 1.807) is 24.3 Å². The van der Waals surface area contributed by atoms with Gasteiger partial charge in [0.2, 0.25) is 5.78 Å². The van der Waals surface area contributed by atoms with E-state index in [4.69, 9.17) is 0 Å². The second kappa shape index (κ2) is 4.23. The fraction of sp³-hybridized carbons (Fsp3) is 0.0769. The monoisotopic (exact) mass is 215 g/mol. The smallest absolute Gasteiger partial charge is 0.214 e. The highest BCUT2D eigenvalue weighted by atomic mass is 19.1. The Morgan fingerprint density at radius 3 is 2.75 bits per heavy atom. The lowest BCUT2D eigenvalue weighted by Crippen LogP contribution is -2.06. The Kier molecular flexibility index (Phi) is 2.77. The van der Waals surface area contributed by atoms with E-state index in [-0.39, 0.29) is 17.0 Å². The summed E-state index contributed by atoms with van der Waals surface area (Å²) >= 11 is 0. The second-order valence-electron chi connectivity index (χ2n) is 3.53. The van der Waals surface area contributed by atoms with Gasteiger partial charge in [0.15, 0.2) is 0 Å². The minimum Gasteiger partial charge on any atom is -0.287 e. The van der Waals surface area contributed by atoms with Crippen molar-refractivity contribution >= 4 is 5.78 Å². The molecule has 0 radical (unpaired) electrons. The Hall–Kier alpha value is -2.03. The minimum absolute atomic E-state index is 0.0682. The molecule has 80 valence electrons. The van der Waals surface area contributed by atoms with Gasteiger partial charge in [0, 0.05) is 6.20 Å². The summed E-state index contributed by atoms with van der Waals surface area (Å²) in [6, 6.07) is 9.45. The predicted molar refractivity (Wildman–Crippen MR) is 58.8 cm³/mol. The van der Waals surface area contributed by atoms with Crippen LogP contribution in [0, 0.1) is 12.7 Å². The zero-order valence-corrected chi connectivity index (χ0v) is 8.77. The number of halogens is 1. The average Bonchev–Trinajstić information content (AvgIpc) is 2.32. The number of carbonyl (C=O) groups is 1. The molecule has 2 aromatic rings. The molecule has 2 rings (SSSR count). The Bertz CT molecular complexity index is 523. The van der Waals surface area contributed by atoms with Crippen LogP contribution in [0.3, 0.4) is 0 Å². The zero-order valence-electron chi connectivity index (χ0n) is 8.77. The average molecular weight is 215 g/mol. The Labute approximate surface area is 92.8 Å². The van der Waals surface area contributed by atoms with E-state index in [0.29, 0.717) is 0 Å². The topological polar surface area (TPSA) is 30.0 Å². The zero-order chi connectivity index (χ0) is 11.5. The molecular formula is C13H10FNO. The number of rotatable bonds is 2. The SMILES string of the molecule is Cc1ccc(F)c(C(=O)c2ccccn2)c1. The predicted octanol–water partition coefficient (Wildman–Crippen LogP) is 2.76. The fourth-order valence-electron chi connectivity index (χ4n) is 1.45. The first-order valence-electron chi connectivity index (χ1n) is 4.90. The first kappa shape index (κ1) is 10.5. The minimum atomic E-state index is -0.513. The molecule has 0 aliphatic rings. The Morgan fingerprint density at radius 2 is 2.06 bits per heavy atom. The summed E-state index contributed by atoms with van der Waals surface area (Å²) in [5, 5.41) is 0. The molecule has 1 heterocycles. The summed E-state index contributed by atoms with van der Waals surface area (Å²) in [6.45, 7) is 1.81. The molecule has 3 heteroatoms. The number of ketones is 1. The standard InChI is InChI=1S/C13H10FNO/c1-9-5-6-11(14)10(8-9)13(16)12-4-2-3-7-15-12/h2-8H,1H3. The van der Waals surface area contributed by atoms with Gasteiger partial charge in [0.1, 0.15) is 11.5 Å². The molecule has 0 atom stereocenters. The summed E-state index contributed by atoms with van der Waals surface area (Å²) in [5.74, 6) is -0.900. The molecule has 16 heavy (non-hydrogen) atoms. The van der Waals surface area contributed by atoms with E-state index in [0.717, 1.165) is 5.56 Å². The van der Waals surface area contributed by atoms with Gasteiger partial charge in [-0.1, -0.05) is 17.7 Å². The summed E-state index contributed by atoms with van der Waals surface area (Å²) in [7, 11) is 0. The van der Waals surface area contributed by atoms with Crippen molar-refractivity contribution in [2.45, 2.75) is 6.92 Å². The van der Waals surface area contributed by atoms with Gasteiger partial charge in [-0.15, -0.1) is 0 Å². The summed E-state index contributed by atoms with van der Waals surface area (Å²) in [4.78, 5) is 15.8. The number of carbonyl (C=O) groups excluding carboxylic acids is 1. The summed E-state index contributed by atoms with van der Waals surface area (Å²) in [5.41, 5.74) is 1.17. The van der Waals surface area contributed by atoms with E-state index >= 15 is 0 Å². The van der Waals surface area contributed by atoms with Crippen molar-refractivity contribution in [1.82, 2.24) is 4.98 Å². The molecule has 0 unspecified atom stereocenters. The van der Waals surface area contributed by atoms with Gasteiger partial charge >= 0.3 is 0 Å². The number of benzene rings is 1. The summed E-state index contributed by atoms with van der Waals surface area (Å²) in [6.07, 6.45) is 1.51. The van der Waals surface area contributed by atoms with Crippen molar-refractivity contribution in [2.75, 3.05) is 0 Å². The van der Waals surface area contributed by atoms with Gasteiger partial charge in [0.05, 0.1) is 5.56 Å². The first-order valence-corrected chi connectivity index (χ1v) is 4.90. The van der Waals surface area contributed by atoms with Gasteiger partial charge in [-0.05, 0) is 31.2 Å². The normalized spacial score (nSPS) is 10.1. The van der Waals surface area contributed by atoms with Crippen LogP contribution >= 0.6 is 0 Å². The van der Waals surface area contributed by atoms with Crippen molar-refractivity contribution in [3.05, 3.63) is 65.2 Å². The lowest BCUT2D eigenvalue weighted by molar-refractivity contribution is 0.103. The van der Waals surface area contributed by atoms with Crippen LogP contribution < -0.4 is 0 Å². The Morgan fingerprint density at radius 1 is 1.25 bits per heavy atom. The molecule has 0 spiro atoms. The third-order valence-corrected chi connectivity index (χ3v) is 2.26. The molecule has 2 nitrogen and oxygen atoms in total. The van der Waals surface area contributed by atoms with Gasteiger partial charge < -0.3 is 0 Å². The van der Waals surface area contributed by atoms with Gasteiger partial charge in [0.25, 0.3) is 0 Å². The Balaban J connectivity index is 2.46. The molecule has 0 aliphatic heterocycles. The molecule has 1 aromatic heterocycles. The number of hydrogen-bond acceptors (Lipinski definition) is 2. The number of aromatic nitrogens is 1. The van der Waals surface area contributed by atoms with Crippen LogP contribution in [-0.2, 0) is 0 Å². The van der Waals surface area contributed by atoms with Crippen LogP contribution in [0.25, 0.3) is 0 Å². The van der Waals surface area contributed by atoms with Gasteiger partial charge in [-0.3, -0.25) is 9.78 Å². The van der Waals surface area contributed by atoms with E-state index < -0.39 is 5.82 Å². The van der Waals surface area contributed by atoms with Gasteiger partial charge in [-0.2, -0.15) is 0 Å². The van der Waals surface area contributed by atoms with E-state index in [1.165, 1.54) is 18.3 Å².